The minimum absolute atomic E-state index is 0.134. The van der Waals surface area contributed by atoms with Crippen LogP contribution >= 0.6 is 0 Å². The van der Waals surface area contributed by atoms with Gasteiger partial charge in [-0.3, -0.25) is 4.79 Å². The Balaban J connectivity index is 1.45. The van der Waals surface area contributed by atoms with Gasteiger partial charge in [-0.1, -0.05) is 12.1 Å². The van der Waals surface area contributed by atoms with Crippen LogP contribution in [0.1, 0.15) is 29.8 Å². The van der Waals surface area contributed by atoms with Crippen LogP contribution in [0.25, 0.3) is 11.1 Å². The van der Waals surface area contributed by atoms with Gasteiger partial charge in [0.15, 0.2) is 0 Å². The highest BCUT2D eigenvalue weighted by atomic mass is 16.5. The third-order valence-electron chi connectivity index (χ3n) is 6.70. The average Bonchev–Trinajstić information content (AvgIpc) is 3.53. The van der Waals surface area contributed by atoms with Gasteiger partial charge < -0.3 is 30.0 Å². The van der Waals surface area contributed by atoms with E-state index >= 15 is 0 Å². The highest BCUT2D eigenvalue weighted by Crippen LogP contribution is 2.40. The smallest absolute Gasteiger partial charge is 0.257 e. The molecule has 2 aromatic carbocycles. The van der Waals surface area contributed by atoms with Gasteiger partial charge >= 0.3 is 0 Å². The largest absolute Gasteiger partial charge is 0.497 e. The van der Waals surface area contributed by atoms with Gasteiger partial charge in [-0.2, -0.15) is 0 Å². The topological polar surface area (TPSA) is 91.5 Å². The molecule has 8 nitrogen and oxygen atoms in total. The summed E-state index contributed by atoms with van der Waals surface area (Å²) in [6.45, 7) is 3.85. The number of rotatable bonds is 8. The molecule has 0 bridgehead atoms. The lowest BCUT2D eigenvalue weighted by molar-refractivity contribution is -0.110. The summed E-state index contributed by atoms with van der Waals surface area (Å²) in [4.78, 5) is 23.3. The average molecular weight is 474 g/mol. The molecule has 3 heterocycles. The van der Waals surface area contributed by atoms with E-state index in [2.05, 4.69) is 31.6 Å². The normalized spacial score (nSPS) is 17.7. The molecule has 1 amide bonds. The summed E-state index contributed by atoms with van der Waals surface area (Å²) in [5, 5.41) is 6.72. The van der Waals surface area contributed by atoms with Crippen LogP contribution in [0.15, 0.2) is 54.9 Å². The monoisotopic (exact) mass is 473 g/mol. The first-order valence-corrected chi connectivity index (χ1v) is 12.0. The lowest BCUT2D eigenvalue weighted by atomic mass is 9.94. The summed E-state index contributed by atoms with van der Waals surface area (Å²) in [6, 6.07) is 14.2. The molecule has 35 heavy (non-hydrogen) atoms. The van der Waals surface area contributed by atoms with E-state index in [1.165, 1.54) is 0 Å². The van der Waals surface area contributed by atoms with Crippen LogP contribution in [0.2, 0.25) is 0 Å². The van der Waals surface area contributed by atoms with Gasteiger partial charge in [0.2, 0.25) is 0 Å². The second-order valence-corrected chi connectivity index (χ2v) is 8.88. The number of H-pyrrole nitrogens is 1. The molecule has 0 saturated carbocycles. The number of ether oxygens (including phenoxy) is 2. The Kier molecular flexibility index (Phi) is 6.83. The van der Waals surface area contributed by atoms with E-state index in [4.69, 9.17) is 9.47 Å². The fraction of sp³-hybridized carbons (Fsp3) is 0.333. The predicted molar refractivity (Wildman–Crippen MR) is 138 cm³/mol. The quantitative estimate of drug-likeness (QED) is 0.431. The number of anilines is 2. The Morgan fingerprint density at radius 2 is 1.94 bits per heavy atom. The number of nitrogens with zero attached hydrogens (tertiary/aromatic N) is 2. The Bertz CT molecular complexity index is 1200. The standard InChI is InChI=1S/C27H31N5O3/c1-34-16-15-32-13-9-19(10-14-32)30-20-5-8-23-22(17-20)25(27(33)31-23)24(26-28-11-12-29-26)18-3-6-21(35-2)7-4-18/h3-8,11-12,17,19,30H,9-10,13-16H2,1-2H3,(H,28,29)(H,31,33)/b25-24-. The molecule has 0 spiro atoms. The van der Waals surface area contributed by atoms with Gasteiger partial charge in [-0.15, -0.1) is 0 Å². The highest BCUT2D eigenvalue weighted by Gasteiger charge is 2.30. The van der Waals surface area contributed by atoms with Crippen molar-refractivity contribution in [3.63, 3.8) is 0 Å². The van der Waals surface area contributed by atoms with Crippen molar-refractivity contribution in [1.82, 2.24) is 14.9 Å². The minimum Gasteiger partial charge on any atom is -0.497 e. The lowest BCUT2D eigenvalue weighted by Crippen LogP contribution is -2.40. The summed E-state index contributed by atoms with van der Waals surface area (Å²) in [7, 11) is 3.38. The van der Waals surface area contributed by atoms with E-state index in [1.54, 1.807) is 26.6 Å². The summed E-state index contributed by atoms with van der Waals surface area (Å²) < 4.78 is 10.5. The maximum absolute atomic E-state index is 13.2. The van der Waals surface area contributed by atoms with Crippen molar-refractivity contribution in [2.24, 2.45) is 0 Å². The molecule has 182 valence electrons. The number of piperidine rings is 1. The fourth-order valence-corrected chi connectivity index (χ4v) is 4.82. The fourth-order valence-electron chi connectivity index (χ4n) is 4.82. The lowest BCUT2D eigenvalue weighted by Gasteiger charge is -2.32. The van der Waals surface area contributed by atoms with Gasteiger partial charge in [0, 0.05) is 67.7 Å². The number of aromatic nitrogens is 2. The van der Waals surface area contributed by atoms with Crippen LogP contribution in [0.4, 0.5) is 11.4 Å². The van der Waals surface area contributed by atoms with Crippen molar-refractivity contribution >= 4 is 28.4 Å². The summed E-state index contributed by atoms with van der Waals surface area (Å²) >= 11 is 0. The number of hydrogen-bond acceptors (Lipinski definition) is 6. The van der Waals surface area contributed by atoms with Crippen molar-refractivity contribution in [3.8, 4) is 5.75 Å². The van der Waals surface area contributed by atoms with Crippen molar-refractivity contribution in [1.29, 1.82) is 0 Å². The number of aromatic amines is 1. The first kappa shape index (κ1) is 23.1. The Hall–Kier alpha value is -3.62. The third-order valence-corrected chi connectivity index (χ3v) is 6.70. The zero-order valence-electron chi connectivity index (χ0n) is 20.1. The van der Waals surface area contributed by atoms with Gasteiger partial charge in [-0.05, 0) is 48.7 Å². The first-order chi connectivity index (χ1) is 17.2. The molecule has 3 aromatic rings. The molecule has 1 aromatic heterocycles. The van der Waals surface area contributed by atoms with Gasteiger partial charge in [0.05, 0.1) is 19.3 Å². The van der Waals surface area contributed by atoms with E-state index in [-0.39, 0.29) is 5.91 Å². The molecule has 5 rings (SSSR count). The number of likely N-dealkylation sites (tertiary alicyclic amines) is 1. The number of hydrogen-bond donors (Lipinski definition) is 3. The SMILES string of the molecule is COCCN1CCC(Nc2ccc3c(c2)/C(=C(\c2ccc(OC)cc2)c2ncc[nH]2)C(=O)N3)CC1. The summed E-state index contributed by atoms with van der Waals surface area (Å²) in [5.41, 5.74) is 4.96. The minimum atomic E-state index is -0.134. The number of carbonyl (C=O) groups is 1. The number of methoxy groups -OCH3 is 2. The van der Waals surface area contributed by atoms with Crippen molar-refractivity contribution in [2.75, 3.05) is 51.1 Å². The predicted octanol–water partition coefficient (Wildman–Crippen LogP) is 3.85. The van der Waals surface area contributed by atoms with Crippen molar-refractivity contribution in [2.45, 2.75) is 18.9 Å². The molecule has 0 unspecified atom stereocenters. The number of benzene rings is 2. The second kappa shape index (κ2) is 10.3. The zero-order chi connectivity index (χ0) is 24.2. The van der Waals surface area contributed by atoms with Crippen LogP contribution in [0.3, 0.4) is 0 Å². The number of carbonyl (C=O) groups excluding carboxylic acids is 1. The van der Waals surface area contributed by atoms with Crippen LogP contribution in [0, 0.1) is 0 Å². The Morgan fingerprint density at radius 3 is 2.63 bits per heavy atom. The Labute approximate surface area is 205 Å². The van der Waals surface area contributed by atoms with E-state index in [0.29, 0.717) is 17.4 Å². The summed E-state index contributed by atoms with van der Waals surface area (Å²) in [6.07, 6.45) is 5.61. The highest BCUT2D eigenvalue weighted by molar-refractivity contribution is 6.38. The maximum atomic E-state index is 13.2. The van der Waals surface area contributed by atoms with Crippen LogP contribution in [-0.2, 0) is 9.53 Å². The molecule has 2 aliphatic heterocycles. The van der Waals surface area contributed by atoms with Crippen LogP contribution < -0.4 is 15.4 Å². The third kappa shape index (κ3) is 4.94. The molecule has 1 fully saturated rings. The number of fused-ring (bicyclic) bond motifs is 1. The zero-order valence-corrected chi connectivity index (χ0v) is 20.1. The number of imidazole rings is 1. The summed E-state index contributed by atoms with van der Waals surface area (Å²) in [5.74, 6) is 1.27. The number of amides is 1. The van der Waals surface area contributed by atoms with Crippen LogP contribution in [0.5, 0.6) is 5.75 Å². The molecular weight excluding hydrogens is 442 g/mol. The first-order valence-electron chi connectivity index (χ1n) is 12.0. The van der Waals surface area contributed by atoms with Gasteiger partial charge in [-0.25, -0.2) is 4.98 Å². The number of nitrogens with one attached hydrogen (secondary N) is 3. The Morgan fingerprint density at radius 1 is 1.14 bits per heavy atom. The second-order valence-electron chi connectivity index (χ2n) is 8.88. The van der Waals surface area contributed by atoms with Crippen molar-refractivity contribution < 1.29 is 14.3 Å². The maximum Gasteiger partial charge on any atom is 0.257 e. The van der Waals surface area contributed by atoms with Gasteiger partial charge in [0.25, 0.3) is 5.91 Å². The molecule has 2 aliphatic rings. The molecule has 0 radical (unpaired) electrons. The molecule has 8 heteroatoms. The van der Waals surface area contributed by atoms with E-state index in [0.717, 1.165) is 72.9 Å². The molecule has 0 atom stereocenters. The van der Waals surface area contributed by atoms with E-state index in [1.807, 2.05) is 36.4 Å². The molecular formula is C27H31N5O3. The van der Waals surface area contributed by atoms with E-state index < -0.39 is 0 Å². The molecule has 0 aliphatic carbocycles. The van der Waals surface area contributed by atoms with Crippen LogP contribution in [-0.4, -0.2) is 67.3 Å². The van der Waals surface area contributed by atoms with E-state index in [9.17, 15) is 4.79 Å². The molecule has 3 N–H and O–H groups in total. The molecule has 1 saturated heterocycles. The van der Waals surface area contributed by atoms with Crippen molar-refractivity contribution in [3.05, 3.63) is 71.8 Å². The van der Waals surface area contributed by atoms with Gasteiger partial charge in [0.1, 0.15) is 11.6 Å².